The van der Waals surface area contributed by atoms with Gasteiger partial charge in [0.25, 0.3) is 0 Å². The molecule has 1 aromatic heterocycles. The van der Waals surface area contributed by atoms with E-state index in [1.807, 2.05) is 0 Å². The lowest BCUT2D eigenvalue weighted by Gasteiger charge is -1.96. The fourth-order valence-corrected chi connectivity index (χ4v) is 0.695. The molecular formula is C6H10FN3O. The lowest BCUT2D eigenvalue weighted by atomic mass is 10.4. The summed E-state index contributed by atoms with van der Waals surface area (Å²) in [6.45, 7) is 0.730. The van der Waals surface area contributed by atoms with Crippen molar-refractivity contribution in [1.29, 1.82) is 0 Å². The van der Waals surface area contributed by atoms with E-state index in [4.69, 9.17) is 0 Å². The number of aromatic nitrogens is 2. The molecule has 0 amide bonds. The van der Waals surface area contributed by atoms with Gasteiger partial charge in [-0.05, 0) is 0 Å². The van der Waals surface area contributed by atoms with Crippen LogP contribution in [0.4, 0.5) is 4.39 Å². The maximum Gasteiger partial charge on any atom is 0.213 e. The zero-order valence-electron chi connectivity index (χ0n) is 6.09. The van der Waals surface area contributed by atoms with Gasteiger partial charge < -0.3 is 9.84 Å². The summed E-state index contributed by atoms with van der Waals surface area (Å²) in [4.78, 5) is 3.80. The van der Waals surface area contributed by atoms with Crippen molar-refractivity contribution in [2.24, 2.45) is 0 Å². The molecule has 0 saturated heterocycles. The molecule has 1 N–H and O–H groups in total. The smallest absolute Gasteiger partial charge is 0.213 e. The van der Waals surface area contributed by atoms with E-state index in [1.54, 1.807) is 0 Å². The summed E-state index contributed by atoms with van der Waals surface area (Å²) in [6.07, 6.45) is 1.96. The second-order valence-corrected chi connectivity index (χ2v) is 2.04. The number of hydrogen-bond donors (Lipinski definition) is 1. The average molecular weight is 159 g/mol. The number of nitrogens with one attached hydrogen (secondary N) is 1. The van der Waals surface area contributed by atoms with Crippen molar-refractivity contribution in [2.45, 2.75) is 6.42 Å². The molecule has 1 aromatic rings. The van der Waals surface area contributed by atoms with E-state index in [-0.39, 0.29) is 6.67 Å². The van der Waals surface area contributed by atoms with E-state index >= 15 is 0 Å². The van der Waals surface area contributed by atoms with Crippen LogP contribution < -0.4 is 5.32 Å². The quantitative estimate of drug-likeness (QED) is 0.622. The molecule has 0 aromatic carbocycles. The first kappa shape index (κ1) is 8.13. The molecule has 1 heterocycles. The highest BCUT2D eigenvalue weighted by Gasteiger charge is 1.95. The van der Waals surface area contributed by atoms with Crippen molar-refractivity contribution in [3.63, 3.8) is 0 Å². The van der Waals surface area contributed by atoms with Crippen molar-refractivity contribution >= 4 is 0 Å². The molecule has 0 aliphatic carbocycles. The molecule has 0 atom stereocenters. The summed E-state index contributed by atoms with van der Waals surface area (Å²) < 4.78 is 16.1. The van der Waals surface area contributed by atoms with Gasteiger partial charge in [-0.3, -0.25) is 0 Å². The third-order valence-corrected chi connectivity index (χ3v) is 1.20. The Morgan fingerprint density at radius 3 is 3.09 bits per heavy atom. The van der Waals surface area contributed by atoms with Crippen molar-refractivity contribution in [3.05, 3.63) is 12.2 Å². The number of hydrogen-bond acceptors (Lipinski definition) is 4. The first-order chi connectivity index (χ1) is 5.43. The Kier molecular flexibility index (Phi) is 3.54. The maximum atomic E-state index is 11.5. The molecule has 1 rings (SSSR count). The first-order valence-corrected chi connectivity index (χ1v) is 3.45. The SMILES string of the molecule is FCCNCCc1ncon1. The van der Waals surface area contributed by atoms with Crippen LogP contribution in [0.5, 0.6) is 0 Å². The van der Waals surface area contributed by atoms with Gasteiger partial charge in [0.1, 0.15) is 6.67 Å². The van der Waals surface area contributed by atoms with Crippen LogP contribution in [0.15, 0.2) is 10.9 Å². The lowest BCUT2D eigenvalue weighted by Crippen LogP contribution is -2.19. The molecule has 11 heavy (non-hydrogen) atoms. The minimum atomic E-state index is -0.341. The third-order valence-electron chi connectivity index (χ3n) is 1.20. The largest absolute Gasteiger partial charge is 0.343 e. The molecular weight excluding hydrogens is 149 g/mol. The molecule has 0 fully saturated rings. The fourth-order valence-electron chi connectivity index (χ4n) is 0.695. The molecule has 0 aliphatic rings. The highest BCUT2D eigenvalue weighted by molar-refractivity contribution is 4.78. The maximum absolute atomic E-state index is 11.5. The molecule has 0 spiro atoms. The number of alkyl halides is 1. The summed E-state index contributed by atoms with van der Waals surface area (Å²) in [6, 6.07) is 0. The van der Waals surface area contributed by atoms with E-state index < -0.39 is 0 Å². The number of halogens is 1. The zero-order chi connectivity index (χ0) is 7.94. The standard InChI is InChI=1S/C6H10FN3O/c7-2-4-8-3-1-6-9-5-11-10-6/h5,8H,1-4H2. The van der Waals surface area contributed by atoms with E-state index in [1.165, 1.54) is 6.39 Å². The van der Waals surface area contributed by atoms with Gasteiger partial charge >= 0.3 is 0 Å². The topological polar surface area (TPSA) is 51.0 Å². The molecule has 0 bridgehead atoms. The average Bonchev–Trinajstić information content (AvgIpc) is 2.50. The third kappa shape index (κ3) is 3.08. The van der Waals surface area contributed by atoms with Gasteiger partial charge in [0.05, 0.1) is 0 Å². The van der Waals surface area contributed by atoms with E-state index in [9.17, 15) is 4.39 Å². The fraction of sp³-hybridized carbons (Fsp3) is 0.667. The monoisotopic (exact) mass is 159 g/mol. The van der Waals surface area contributed by atoms with Gasteiger partial charge in [-0.25, -0.2) is 4.39 Å². The van der Waals surface area contributed by atoms with Crippen LogP contribution in [0.3, 0.4) is 0 Å². The van der Waals surface area contributed by atoms with Gasteiger partial charge in [0, 0.05) is 19.5 Å². The molecule has 4 nitrogen and oxygen atoms in total. The molecule has 5 heteroatoms. The minimum Gasteiger partial charge on any atom is -0.343 e. The predicted octanol–water partition coefficient (Wildman–Crippen LogP) is 0.171. The number of rotatable bonds is 5. The van der Waals surface area contributed by atoms with Gasteiger partial charge in [0.15, 0.2) is 5.82 Å². The highest BCUT2D eigenvalue weighted by atomic mass is 19.1. The summed E-state index contributed by atoms with van der Waals surface area (Å²) in [5, 5.41) is 6.47. The minimum absolute atomic E-state index is 0.341. The summed E-state index contributed by atoms with van der Waals surface area (Å²) in [7, 11) is 0. The van der Waals surface area contributed by atoms with Crippen LogP contribution in [0.1, 0.15) is 5.82 Å². The number of nitrogens with zero attached hydrogens (tertiary/aromatic N) is 2. The lowest BCUT2D eigenvalue weighted by molar-refractivity contribution is 0.408. The Bertz CT molecular complexity index is 178. The van der Waals surface area contributed by atoms with E-state index in [0.29, 0.717) is 25.3 Å². The van der Waals surface area contributed by atoms with Crippen molar-refractivity contribution < 1.29 is 8.91 Å². The van der Waals surface area contributed by atoms with Crippen LogP contribution in [-0.4, -0.2) is 29.9 Å². The molecule has 0 unspecified atom stereocenters. The van der Waals surface area contributed by atoms with Gasteiger partial charge in [-0.2, -0.15) is 4.98 Å². The summed E-state index contributed by atoms with van der Waals surface area (Å²) in [5.74, 6) is 0.649. The Morgan fingerprint density at radius 1 is 1.55 bits per heavy atom. The summed E-state index contributed by atoms with van der Waals surface area (Å²) >= 11 is 0. The normalized spacial score (nSPS) is 10.3. The Labute approximate surface area is 63.8 Å². The Balaban J connectivity index is 2.04. The van der Waals surface area contributed by atoms with Crippen LogP contribution in [0.2, 0.25) is 0 Å². The van der Waals surface area contributed by atoms with Gasteiger partial charge in [-0.15, -0.1) is 0 Å². The Hall–Kier alpha value is -0.970. The van der Waals surface area contributed by atoms with Crippen molar-refractivity contribution in [2.75, 3.05) is 19.8 Å². The molecule has 62 valence electrons. The van der Waals surface area contributed by atoms with Crippen molar-refractivity contribution in [3.8, 4) is 0 Å². The van der Waals surface area contributed by atoms with Gasteiger partial charge in [-0.1, -0.05) is 5.16 Å². The van der Waals surface area contributed by atoms with Crippen LogP contribution in [0.25, 0.3) is 0 Å². The zero-order valence-corrected chi connectivity index (χ0v) is 6.09. The highest BCUT2D eigenvalue weighted by Crippen LogP contribution is 1.87. The Morgan fingerprint density at radius 2 is 2.45 bits per heavy atom. The second kappa shape index (κ2) is 4.79. The van der Waals surface area contributed by atoms with Crippen molar-refractivity contribution in [1.82, 2.24) is 15.5 Å². The summed E-state index contributed by atoms with van der Waals surface area (Å²) in [5.41, 5.74) is 0. The molecule has 0 saturated carbocycles. The van der Waals surface area contributed by atoms with Crippen LogP contribution in [0, 0.1) is 0 Å². The molecule has 0 aliphatic heterocycles. The van der Waals surface area contributed by atoms with Crippen LogP contribution >= 0.6 is 0 Å². The predicted molar refractivity (Wildman–Crippen MR) is 36.8 cm³/mol. The van der Waals surface area contributed by atoms with Gasteiger partial charge in [0.2, 0.25) is 6.39 Å². The second-order valence-electron chi connectivity index (χ2n) is 2.04. The first-order valence-electron chi connectivity index (χ1n) is 3.45. The van der Waals surface area contributed by atoms with E-state index in [2.05, 4.69) is 20.0 Å². The molecule has 0 radical (unpaired) electrons. The van der Waals surface area contributed by atoms with Crippen LogP contribution in [-0.2, 0) is 6.42 Å². The van der Waals surface area contributed by atoms with E-state index in [0.717, 1.165) is 0 Å².